The second-order valence-corrected chi connectivity index (χ2v) is 8.07. The Labute approximate surface area is 143 Å². The summed E-state index contributed by atoms with van der Waals surface area (Å²) >= 11 is 0. The molecule has 0 saturated carbocycles. The van der Waals surface area contributed by atoms with Gasteiger partial charge in [0.05, 0.1) is 11.5 Å². The fourth-order valence-corrected chi connectivity index (χ4v) is 5.01. The lowest BCUT2D eigenvalue weighted by molar-refractivity contribution is 0.0881. The second-order valence-electron chi connectivity index (χ2n) is 6.16. The number of aliphatic hydroxyl groups excluding tert-OH is 1. The molecule has 3 rings (SSSR count). The Kier molecular flexibility index (Phi) is 5.20. The van der Waals surface area contributed by atoms with E-state index in [1.165, 1.54) is 0 Å². The molecule has 0 aliphatic carbocycles. The molecule has 0 aromatic heterocycles. The minimum atomic E-state index is -3.51. The Balaban J connectivity index is 1.84. The van der Waals surface area contributed by atoms with Crippen molar-refractivity contribution < 1.29 is 13.5 Å². The molecule has 130 valence electrons. The van der Waals surface area contributed by atoms with Gasteiger partial charge in [-0.05, 0) is 17.9 Å². The number of sulfonamides is 1. The normalized spacial score (nSPS) is 18.8. The highest BCUT2D eigenvalue weighted by Crippen LogP contribution is 2.26. The van der Waals surface area contributed by atoms with E-state index in [4.69, 9.17) is 0 Å². The van der Waals surface area contributed by atoms with Gasteiger partial charge in [-0.25, -0.2) is 8.42 Å². The number of hydrogen-bond donors (Lipinski definition) is 1. The third kappa shape index (κ3) is 3.19. The fourth-order valence-electron chi connectivity index (χ4n) is 3.37. The number of piperazine rings is 1. The van der Waals surface area contributed by atoms with Gasteiger partial charge in [0.2, 0.25) is 10.0 Å². The molecular formula is C18H24N2O3S. The average molecular weight is 348 g/mol. The molecule has 6 heteroatoms. The number of fused-ring (bicyclic) bond motifs is 1. The summed E-state index contributed by atoms with van der Waals surface area (Å²) in [7, 11) is -3.51. The molecule has 0 amide bonds. The van der Waals surface area contributed by atoms with Crippen LogP contribution < -0.4 is 0 Å². The number of benzene rings is 2. The summed E-state index contributed by atoms with van der Waals surface area (Å²) in [5.74, 6) is 0. The minimum absolute atomic E-state index is 0.118. The molecule has 1 aliphatic heterocycles. The van der Waals surface area contributed by atoms with E-state index in [1.807, 2.05) is 37.3 Å². The van der Waals surface area contributed by atoms with Crippen molar-refractivity contribution in [2.75, 3.05) is 32.8 Å². The maximum Gasteiger partial charge on any atom is 0.243 e. The monoisotopic (exact) mass is 348 g/mol. The van der Waals surface area contributed by atoms with Gasteiger partial charge in [-0.15, -0.1) is 0 Å². The Hall–Kier alpha value is -1.47. The molecule has 2 aromatic carbocycles. The lowest BCUT2D eigenvalue weighted by Crippen LogP contribution is -2.52. The van der Waals surface area contributed by atoms with Crippen LogP contribution >= 0.6 is 0 Å². The van der Waals surface area contributed by atoms with Crippen molar-refractivity contribution >= 4 is 20.8 Å². The van der Waals surface area contributed by atoms with Crippen molar-refractivity contribution in [1.82, 2.24) is 9.21 Å². The maximum atomic E-state index is 13.1. The van der Waals surface area contributed by atoms with Gasteiger partial charge < -0.3 is 5.11 Å². The molecule has 1 heterocycles. The number of aliphatic hydroxyl groups is 1. The van der Waals surface area contributed by atoms with E-state index in [9.17, 15) is 13.5 Å². The molecule has 0 radical (unpaired) electrons. The van der Waals surface area contributed by atoms with Crippen LogP contribution in [0.4, 0.5) is 0 Å². The predicted molar refractivity (Wildman–Crippen MR) is 95.4 cm³/mol. The molecule has 1 fully saturated rings. The van der Waals surface area contributed by atoms with Gasteiger partial charge in [0.15, 0.2) is 0 Å². The summed E-state index contributed by atoms with van der Waals surface area (Å²) < 4.78 is 27.7. The van der Waals surface area contributed by atoms with Crippen molar-refractivity contribution in [3.63, 3.8) is 0 Å². The summed E-state index contributed by atoms with van der Waals surface area (Å²) in [6, 6.07) is 13.1. The molecule has 1 aliphatic rings. The van der Waals surface area contributed by atoms with E-state index in [0.29, 0.717) is 31.1 Å². The van der Waals surface area contributed by atoms with Crippen LogP contribution in [0.3, 0.4) is 0 Å². The lowest BCUT2D eigenvalue weighted by atomic mass is 10.1. The van der Waals surface area contributed by atoms with Gasteiger partial charge in [-0.3, -0.25) is 4.90 Å². The zero-order chi connectivity index (χ0) is 17.2. The molecule has 5 nitrogen and oxygen atoms in total. The first-order valence-electron chi connectivity index (χ1n) is 8.40. The van der Waals surface area contributed by atoms with Crippen LogP contribution in [0.15, 0.2) is 47.4 Å². The smallest absolute Gasteiger partial charge is 0.243 e. The van der Waals surface area contributed by atoms with Crippen LogP contribution in [0.25, 0.3) is 10.8 Å². The van der Waals surface area contributed by atoms with Crippen molar-refractivity contribution in [3.05, 3.63) is 42.5 Å². The first-order valence-corrected chi connectivity index (χ1v) is 9.84. The summed E-state index contributed by atoms with van der Waals surface area (Å²) in [6.07, 6.45) is 0.868. The molecule has 1 saturated heterocycles. The first kappa shape index (κ1) is 17.4. The summed E-state index contributed by atoms with van der Waals surface area (Å²) in [6.45, 7) is 4.39. The van der Waals surface area contributed by atoms with Crippen LogP contribution in [-0.4, -0.2) is 61.6 Å². The summed E-state index contributed by atoms with van der Waals surface area (Å²) in [4.78, 5) is 2.55. The topological polar surface area (TPSA) is 60.9 Å². The predicted octanol–water partition coefficient (Wildman–Crippen LogP) is 1.92. The van der Waals surface area contributed by atoms with Gasteiger partial charge in [0, 0.05) is 37.6 Å². The largest absolute Gasteiger partial charge is 0.395 e. The molecule has 1 unspecified atom stereocenters. The van der Waals surface area contributed by atoms with Crippen LogP contribution in [0.5, 0.6) is 0 Å². The molecule has 1 N–H and O–H groups in total. The van der Waals surface area contributed by atoms with E-state index in [0.717, 1.165) is 17.2 Å². The van der Waals surface area contributed by atoms with Crippen LogP contribution in [0.2, 0.25) is 0 Å². The van der Waals surface area contributed by atoms with E-state index >= 15 is 0 Å². The van der Waals surface area contributed by atoms with Gasteiger partial charge in [0.1, 0.15) is 0 Å². The molecule has 0 spiro atoms. The highest BCUT2D eigenvalue weighted by atomic mass is 32.2. The van der Waals surface area contributed by atoms with Crippen LogP contribution in [-0.2, 0) is 10.0 Å². The van der Waals surface area contributed by atoms with Gasteiger partial charge in [-0.1, -0.05) is 43.3 Å². The van der Waals surface area contributed by atoms with Crippen LogP contribution in [0.1, 0.15) is 13.3 Å². The Morgan fingerprint density at radius 1 is 1.04 bits per heavy atom. The number of hydrogen-bond acceptors (Lipinski definition) is 4. The number of rotatable bonds is 5. The Morgan fingerprint density at radius 3 is 2.38 bits per heavy atom. The molecule has 0 bridgehead atoms. The average Bonchev–Trinajstić information content (AvgIpc) is 2.62. The maximum absolute atomic E-state index is 13.1. The van der Waals surface area contributed by atoms with E-state index in [2.05, 4.69) is 4.90 Å². The van der Waals surface area contributed by atoms with E-state index in [1.54, 1.807) is 16.4 Å². The van der Waals surface area contributed by atoms with Crippen molar-refractivity contribution in [1.29, 1.82) is 0 Å². The van der Waals surface area contributed by atoms with E-state index in [-0.39, 0.29) is 12.6 Å². The standard InChI is InChI=1S/C18H24N2O3S/c1-2-16(14-21)19-10-12-20(13-11-19)24(22,23)18-9-5-7-15-6-3-4-8-17(15)18/h3-9,16,21H,2,10-14H2,1H3. The van der Waals surface area contributed by atoms with Gasteiger partial charge in [0.25, 0.3) is 0 Å². The first-order chi connectivity index (χ1) is 11.6. The zero-order valence-corrected chi connectivity index (χ0v) is 14.7. The third-order valence-electron chi connectivity index (χ3n) is 4.84. The molecule has 2 aromatic rings. The van der Waals surface area contributed by atoms with Crippen molar-refractivity contribution in [3.8, 4) is 0 Å². The quantitative estimate of drug-likeness (QED) is 0.897. The molecule has 24 heavy (non-hydrogen) atoms. The minimum Gasteiger partial charge on any atom is -0.395 e. The van der Waals surface area contributed by atoms with E-state index < -0.39 is 10.0 Å². The highest BCUT2D eigenvalue weighted by Gasteiger charge is 2.31. The SMILES string of the molecule is CCC(CO)N1CCN(S(=O)(=O)c2cccc3ccccc23)CC1. The zero-order valence-electron chi connectivity index (χ0n) is 13.9. The van der Waals surface area contributed by atoms with Crippen LogP contribution in [0, 0.1) is 0 Å². The highest BCUT2D eigenvalue weighted by molar-refractivity contribution is 7.89. The molecular weight excluding hydrogens is 324 g/mol. The molecule has 1 atom stereocenters. The second kappa shape index (κ2) is 7.19. The summed E-state index contributed by atoms with van der Waals surface area (Å²) in [5, 5.41) is 11.1. The number of nitrogens with zero attached hydrogens (tertiary/aromatic N) is 2. The van der Waals surface area contributed by atoms with Crippen molar-refractivity contribution in [2.24, 2.45) is 0 Å². The van der Waals surface area contributed by atoms with Crippen molar-refractivity contribution in [2.45, 2.75) is 24.3 Å². The fraction of sp³-hybridized carbons (Fsp3) is 0.444. The Morgan fingerprint density at radius 2 is 1.71 bits per heavy atom. The summed E-state index contributed by atoms with van der Waals surface area (Å²) in [5.41, 5.74) is 0. The third-order valence-corrected chi connectivity index (χ3v) is 6.80. The van der Waals surface area contributed by atoms with Gasteiger partial charge in [-0.2, -0.15) is 4.31 Å². The van der Waals surface area contributed by atoms with Gasteiger partial charge >= 0.3 is 0 Å². The lowest BCUT2D eigenvalue weighted by Gasteiger charge is -2.37. The Bertz CT molecular complexity index is 790.